The number of aliphatic hydroxyl groups is 1. The van der Waals surface area contributed by atoms with Gasteiger partial charge in [-0.1, -0.05) is 48.6 Å². The van der Waals surface area contributed by atoms with Crippen LogP contribution in [-0.2, 0) is 4.79 Å². The first kappa shape index (κ1) is 24.1. The Labute approximate surface area is 197 Å². The average Bonchev–Trinajstić information content (AvgIpc) is 2.99. The quantitative estimate of drug-likeness (QED) is 0.464. The summed E-state index contributed by atoms with van der Waals surface area (Å²) in [5.74, 6) is -1.59. The Morgan fingerprint density at radius 1 is 1.13 bits per heavy atom. The van der Waals surface area contributed by atoms with Crippen LogP contribution in [0.5, 0.6) is 0 Å². The summed E-state index contributed by atoms with van der Waals surface area (Å²) in [4.78, 5) is 10.6. The van der Waals surface area contributed by atoms with E-state index in [1.807, 2.05) is 24.3 Å². The summed E-state index contributed by atoms with van der Waals surface area (Å²) >= 11 is 0. The zero-order chi connectivity index (χ0) is 21.0. The van der Waals surface area contributed by atoms with Crippen LogP contribution in [0, 0.1) is 5.82 Å². The molecule has 30 heavy (non-hydrogen) atoms. The van der Waals surface area contributed by atoms with Crippen molar-refractivity contribution >= 4 is 22.9 Å². The molecule has 150 valence electrons. The Morgan fingerprint density at radius 3 is 2.43 bits per heavy atom. The van der Waals surface area contributed by atoms with Crippen molar-refractivity contribution in [2.75, 3.05) is 0 Å². The molecule has 2 aromatic carbocycles. The molecule has 3 rings (SSSR count). The van der Waals surface area contributed by atoms with Crippen LogP contribution in [-0.4, -0.2) is 21.7 Å². The molecule has 1 unspecified atom stereocenters. The summed E-state index contributed by atoms with van der Waals surface area (Å²) in [5.41, 5.74) is 3.92. The maximum atomic E-state index is 13.5. The smallest absolute Gasteiger partial charge is 0.550 e. The van der Waals surface area contributed by atoms with Gasteiger partial charge in [-0.2, -0.15) is 0 Å². The van der Waals surface area contributed by atoms with E-state index in [-0.39, 0.29) is 41.4 Å². The van der Waals surface area contributed by atoms with E-state index in [2.05, 4.69) is 24.5 Å². The monoisotopic (exact) mass is 415 g/mol. The molecule has 0 radical (unpaired) electrons. The molecule has 0 saturated carbocycles. The fourth-order valence-corrected chi connectivity index (χ4v) is 3.50. The minimum atomic E-state index is -1.30. The van der Waals surface area contributed by atoms with Crippen molar-refractivity contribution in [3.63, 3.8) is 0 Å². The number of rotatable bonds is 7. The number of carbonyl (C=O) groups is 1. The first-order chi connectivity index (χ1) is 13.9. The predicted molar refractivity (Wildman–Crippen MR) is 112 cm³/mol. The molecular formula is C24H23FNNaO3. The number of nitrogens with zero attached hydrogens (tertiary/aromatic N) is 1. The SMILES string of the molecule is CC(C)n1c(/C=C/C=C/C(O)CC(=O)[O-])c(-c2ccc(F)cc2)c2ccccc21.[Na+]. The van der Waals surface area contributed by atoms with Crippen LogP contribution in [0.3, 0.4) is 0 Å². The normalized spacial score (nSPS) is 12.7. The van der Waals surface area contributed by atoms with Gasteiger partial charge in [-0.25, -0.2) is 4.39 Å². The van der Waals surface area contributed by atoms with Gasteiger partial charge in [0.1, 0.15) is 5.82 Å². The molecule has 1 heterocycles. The third kappa shape index (κ3) is 5.49. The van der Waals surface area contributed by atoms with E-state index < -0.39 is 18.5 Å². The fourth-order valence-electron chi connectivity index (χ4n) is 3.50. The number of fused-ring (bicyclic) bond motifs is 1. The molecule has 6 heteroatoms. The number of allylic oxidation sites excluding steroid dienone is 2. The second-order valence-corrected chi connectivity index (χ2v) is 7.14. The standard InChI is InChI=1S/C24H24FNO3.Na/c1-16(2)26-21-9-6-4-8-20(21)24(17-11-13-18(25)14-12-17)22(26)10-5-3-7-19(27)15-23(28)29;/h3-14,16,19,27H,15H2,1-2H3,(H,28,29);/q;+1/p-1/b7-3+,10-5+;. The number of carbonyl (C=O) groups excluding carboxylic acids is 1. The van der Waals surface area contributed by atoms with Crippen LogP contribution >= 0.6 is 0 Å². The van der Waals surface area contributed by atoms with E-state index in [1.54, 1.807) is 24.3 Å². The largest absolute Gasteiger partial charge is 1.00 e. The molecule has 0 aliphatic carbocycles. The Morgan fingerprint density at radius 2 is 1.80 bits per heavy atom. The molecule has 1 atom stereocenters. The van der Waals surface area contributed by atoms with Crippen LogP contribution < -0.4 is 34.7 Å². The number of aliphatic hydroxyl groups excluding tert-OH is 1. The molecule has 0 spiro atoms. The van der Waals surface area contributed by atoms with Gasteiger partial charge < -0.3 is 19.6 Å². The van der Waals surface area contributed by atoms with Crippen molar-refractivity contribution in [1.29, 1.82) is 0 Å². The van der Waals surface area contributed by atoms with Gasteiger partial charge in [0.15, 0.2) is 0 Å². The Kier molecular flexibility index (Phi) is 8.62. The van der Waals surface area contributed by atoms with E-state index in [4.69, 9.17) is 0 Å². The predicted octanol–water partition coefficient (Wildman–Crippen LogP) is 1.10. The summed E-state index contributed by atoms with van der Waals surface area (Å²) in [6.07, 6.45) is 5.16. The summed E-state index contributed by atoms with van der Waals surface area (Å²) < 4.78 is 15.7. The number of carboxylic acids is 1. The van der Waals surface area contributed by atoms with Gasteiger partial charge in [0.25, 0.3) is 0 Å². The zero-order valence-electron chi connectivity index (χ0n) is 17.4. The number of aromatic nitrogens is 1. The zero-order valence-corrected chi connectivity index (χ0v) is 19.4. The van der Waals surface area contributed by atoms with E-state index in [0.29, 0.717) is 0 Å². The van der Waals surface area contributed by atoms with Crippen molar-refractivity contribution < 1.29 is 49.0 Å². The fraction of sp³-hybridized carbons (Fsp3) is 0.208. The molecule has 4 nitrogen and oxygen atoms in total. The number of hydrogen-bond donors (Lipinski definition) is 1. The van der Waals surface area contributed by atoms with Gasteiger partial charge >= 0.3 is 29.6 Å². The van der Waals surface area contributed by atoms with Crippen LogP contribution in [0.1, 0.15) is 32.0 Å². The molecule has 1 N–H and O–H groups in total. The van der Waals surface area contributed by atoms with E-state index >= 15 is 0 Å². The van der Waals surface area contributed by atoms with Crippen LogP contribution in [0.4, 0.5) is 4.39 Å². The van der Waals surface area contributed by atoms with Crippen LogP contribution in [0.25, 0.3) is 28.1 Å². The number of benzene rings is 2. The summed E-state index contributed by atoms with van der Waals surface area (Å²) in [7, 11) is 0. The number of aliphatic carboxylic acids is 1. The molecule has 0 aliphatic heterocycles. The summed E-state index contributed by atoms with van der Waals surface area (Å²) in [6, 6.07) is 14.7. The minimum absolute atomic E-state index is 0. The third-order valence-corrected chi connectivity index (χ3v) is 4.67. The van der Waals surface area contributed by atoms with Gasteiger partial charge in [0.05, 0.1) is 6.10 Å². The van der Waals surface area contributed by atoms with Crippen molar-refractivity contribution in [2.24, 2.45) is 0 Å². The second-order valence-electron chi connectivity index (χ2n) is 7.14. The van der Waals surface area contributed by atoms with Gasteiger partial charge in [0.2, 0.25) is 0 Å². The van der Waals surface area contributed by atoms with Gasteiger partial charge in [-0.3, -0.25) is 0 Å². The summed E-state index contributed by atoms with van der Waals surface area (Å²) in [5, 5.41) is 21.3. The van der Waals surface area contributed by atoms with Crippen LogP contribution in [0.15, 0.2) is 66.8 Å². The van der Waals surface area contributed by atoms with Crippen molar-refractivity contribution in [1.82, 2.24) is 4.57 Å². The third-order valence-electron chi connectivity index (χ3n) is 4.67. The van der Waals surface area contributed by atoms with Gasteiger partial charge in [-0.05, 0) is 43.7 Å². The molecule has 1 aromatic heterocycles. The van der Waals surface area contributed by atoms with Crippen molar-refractivity contribution in [2.45, 2.75) is 32.4 Å². The first-order valence-electron chi connectivity index (χ1n) is 9.50. The molecule has 3 aromatic rings. The van der Waals surface area contributed by atoms with Crippen molar-refractivity contribution in [3.8, 4) is 11.1 Å². The first-order valence-corrected chi connectivity index (χ1v) is 9.50. The molecule has 0 amide bonds. The van der Waals surface area contributed by atoms with E-state index in [1.165, 1.54) is 18.2 Å². The average molecular weight is 415 g/mol. The Bertz CT molecular complexity index is 1070. The molecular weight excluding hydrogens is 392 g/mol. The number of hydrogen-bond acceptors (Lipinski definition) is 3. The molecule has 0 fully saturated rings. The second kappa shape index (κ2) is 10.7. The maximum Gasteiger partial charge on any atom is 1.00 e. The molecule has 0 aliphatic rings. The van der Waals surface area contributed by atoms with Crippen LogP contribution in [0.2, 0.25) is 0 Å². The Balaban J connectivity index is 0.00000320. The van der Waals surface area contributed by atoms with Gasteiger partial charge in [-0.15, -0.1) is 0 Å². The minimum Gasteiger partial charge on any atom is -0.550 e. The van der Waals surface area contributed by atoms with E-state index in [9.17, 15) is 19.4 Å². The topological polar surface area (TPSA) is 65.3 Å². The number of para-hydroxylation sites is 1. The van der Waals surface area contributed by atoms with Gasteiger partial charge in [0, 0.05) is 40.6 Å². The van der Waals surface area contributed by atoms with Crippen molar-refractivity contribution in [3.05, 3.63) is 78.3 Å². The number of halogens is 1. The summed E-state index contributed by atoms with van der Waals surface area (Å²) in [6.45, 7) is 4.19. The molecule has 0 bridgehead atoms. The van der Waals surface area contributed by atoms with E-state index in [0.717, 1.165) is 27.7 Å². The maximum absolute atomic E-state index is 13.5. The Hall–Kier alpha value is -2.18. The number of carboxylic acid groups (broad SMARTS) is 1. The molecule has 0 saturated heterocycles.